The van der Waals surface area contributed by atoms with E-state index in [9.17, 15) is 14.4 Å². The summed E-state index contributed by atoms with van der Waals surface area (Å²) in [5.41, 5.74) is 5.95. The highest BCUT2D eigenvalue weighted by atomic mass is 35.5. The van der Waals surface area contributed by atoms with E-state index >= 15 is 0 Å². The number of amides is 3. The van der Waals surface area contributed by atoms with Crippen LogP contribution < -0.4 is 16.4 Å². The van der Waals surface area contributed by atoms with Crippen LogP contribution in [0.15, 0.2) is 18.2 Å². The van der Waals surface area contributed by atoms with E-state index in [-0.39, 0.29) is 36.4 Å². The molecular formula is C15H22Cl2N4O3. The average molecular weight is 377 g/mol. The molecule has 0 aromatic heterocycles. The maximum atomic E-state index is 12.3. The Bertz CT molecular complexity index is 592. The van der Waals surface area contributed by atoms with Crippen molar-refractivity contribution in [1.82, 2.24) is 10.2 Å². The Morgan fingerprint density at radius 3 is 2.29 bits per heavy atom. The molecule has 24 heavy (non-hydrogen) atoms. The monoisotopic (exact) mass is 376 g/mol. The van der Waals surface area contributed by atoms with E-state index in [0.717, 1.165) is 0 Å². The second-order valence-corrected chi connectivity index (χ2v) is 5.11. The number of carbonyl (C=O) groups is 3. The molecule has 3 amide bonds. The second kappa shape index (κ2) is 10.9. The van der Waals surface area contributed by atoms with Gasteiger partial charge in [0.25, 0.3) is 5.91 Å². The third-order valence-corrected chi connectivity index (χ3v) is 3.48. The highest BCUT2D eigenvalue weighted by Crippen LogP contribution is 2.22. The minimum absolute atomic E-state index is 0. The summed E-state index contributed by atoms with van der Waals surface area (Å²) in [7, 11) is 0. The van der Waals surface area contributed by atoms with E-state index in [1.807, 2.05) is 13.8 Å². The van der Waals surface area contributed by atoms with Crippen LogP contribution in [0.1, 0.15) is 24.2 Å². The highest BCUT2D eigenvalue weighted by Gasteiger charge is 2.16. The lowest BCUT2D eigenvalue weighted by Crippen LogP contribution is -2.36. The molecule has 0 heterocycles. The van der Waals surface area contributed by atoms with Crippen molar-refractivity contribution in [2.75, 3.05) is 31.5 Å². The zero-order valence-corrected chi connectivity index (χ0v) is 15.2. The van der Waals surface area contributed by atoms with E-state index in [2.05, 4.69) is 10.6 Å². The first-order chi connectivity index (χ1) is 10.9. The van der Waals surface area contributed by atoms with E-state index in [4.69, 9.17) is 17.3 Å². The average Bonchev–Trinajstić information content (AvgIpc) is 2.53. The standard InChI is InChI=1S/C15H21ClN4O3.ClH/c1-3-20(4-2)15(23)11-6-5-10(7-12(11)16)19-14(22)9-18-13(21)8-17;/h5-7H,3-4,8-9,17H2,1-2H3,(H,18,21)(H,19,22);1H. The van der Waals surface area contributed by atoms with Crippen molar-refractivity contribution >= 4 is 47.4 Å². The van der Waals surface area contributed by atoms with Crippen LogP contribution in [0.4, 0.5) is 5.69 Å². The number of hydrogen-bond acceptors (Lipinski definition) is 4. The quantitative estimate of drug-likeness (QED) is 0.665. The first-order valence-electron chi connectivity index (χ1n) is 7.28. The highest BCUT2D eigenvalue weighted by molar-refractivity contribution is 6.34. The van der Waals surface area contributed by atoms with Crippen LogP contribution in [0.5, 0.6) is 0 Å². The molecule has 134 valence electrons. The summed E-state index contributed by atoms with van der Waals surface area (Å²) in [4.78, 5) is 36.6. The van der Waals surface area contributed by atoms with Crippen molar-refractivity contribution in [3.63, 3.8) is 0 Å². The summed E-state index contributed by atoms with van der Waals surface area (Å²) in [6, 6.07) is 4.66. The zero-order valence-electron chi connectivity index (χ0n) is 13.6. The largest absolute Gasteiger partial charge is 0.346 e. The van der Waals surface area contributed by atoms with Crippen LogP contribution in [-0.2, 0) is 9.59 Å². The van der Waals surface area contributed by atoms with Crippen LogP contribution in [0.3, 0.4) is 0 Å². The minimum Gasteiger partial charge on any atom is -0.346 e. The number of halogens is 2. The van der Waals surface area contributed by atoms with Gasteiger partial charge in [-0.15, -0.1) is 12.4 Å². The normalized spacial score (nSPS) is 9.67. The summed E-state index contributed by atoms with van der Waals surface area (Å²) in [5.74, 6) is -0.989. The van der Waals surface area contributed by atoms with Gasteiger partial charge in [0.05, 0.1) is 23.7 Å². The van der Waals surface area contributed by atoms with Gasteiger partial charge in [0.1, 0.15) is 0 Å². The Labute approximate surface area is 152 Å². The molecule has 0 aliphatic carbocycles. The zero-order chi connectivity index (χ0) is 17.4. The molecule has 1 aromatic rings. The number of benzene rings is 1. The molecule has 0 radical (unpaired) electrons. The Morgan fingerprint density at radius 2 is 1.79 bits per heavy atom. The first kappa shape index (κ1) is 22.2. The van der Waals surface area contributed by atoms with Gasteiger partial charge in [0, 0.05) is 18.8 Å². The first-order valence-corrected chi connectivity index (χ1v) is 7.66. The molecule has 0 saturated carbocycles. The molecule has 0 aliphatic heterocycles. The van der Waals surface area contributed by atoms with Gasteiger partial charge in [-0.3, -0.25) is 14.4 Å². The van der Waals surface area contributed by atoms with Crippen LogP contribution in [0.25, 0.3) is 0 Å². The van der Waals surface area contributed by atoms with Gasteiger partial charge in [0.15, 0.2) is 0 Å². The number of nitrogens with two attached hydrogens (primary N) is 1. The summed E-state index contributed by atoms with van der Waals surface area (Å²) in [6.07, 6.45) is 0. The molecule has 7 nitrogen and oxygen atoms in total. The molecule has 0 saturated heterocycles. The lowest BCUT2D eigenvalue weighted by Gasteiger charge is -2.19. The van der Waals surface area contributed by atoms with Crippen LogP contribution in [0.2, 0.25) is 5.02 Å². The minimum atomic E-state index is -0.418. The van der Waals surface area contributed by atoms with Crippen LogP contribution >= 0.6 is 24.0 Å². The van der Waals surface area contributed by atoms with E-state index < -0.39 is 11.8 Å². The molecule has 0 aliphatic rings. The SMILES string of the molecule is CCN(CC)C(=O)c1ccc(NC(=O)CNC(=O)CN)cc1Cl.Cl. The number of carbonyl (C=O) groups excluding carboxylic acids is 3. The maximum Gasteiger partial charge on any atom is 0.255 e. The maximum absolute atomic E-state index is 12.3. The number of hydrogen-bond donors (Lipinski definition) is 3. The Balaban J connectivity index is 0.00000529. The number of nitrogens with zero attached hydrogens (tertiary/aromatic N) is 1. The fourth-order valence-corrected chi connectivity index (χ4v) is 2.17. The molecule has 0 unspecified atom stereocenters. The number of anilines is 1. The summed E-state index contributed by atoms with van der Waals surface area (Å²) < 4.78 is 0. The Hall–Kier alpha value is -1.83. The van der Waals surface area contributed by atoms with Gasteiger partial charge in [-0.05, 0) is 32.0 Å². The fourth-order valence-electron chi connectivity index (χ4n) is 1.90. The summed E-state index contributed by atoms with van der Waals surface area (Å²) in [6.45, 7) is 4.59. The number of rotatable bonds is 7. The lowest BCUT2D eigenvalue weighted by atomic mass is 10.1. The molecule has 0 atom stereocenters. The van der Waals surface area contributed by atoms with Crippen LogP contribution in [0, 0.1) is 0 Å². The van der Waals surface area contributed by atoms with Crippen molar-refractivity contribution in [3.05, 3.63) is 28.8 Å². The van der Waals surface area contributed by atoms with Crippen molar-refractivity contribution in [1.29, 1.82) is 0 Å². The Kier molecular flexibility index (Phi) is 10.0. The lowest BCUT2D eigenvalue weighted by molar-refractivity contribution is -0.123. The fraction of sp³-hybridized carbons (Fsp3) is 0.400. The third-order valence-electron chi connectivity index (χ3n) is 3.17. The van der Waals surface area contributed by atoms with Crippen molar-refractivity contribution in [2.45, 2.75) is 13.8 Å². The summed E-state index contributed by atoms with van der Waals surface area (Å²) >= 11 is 6.13. The predicted molar refractivity (Wildman–Crippen MR) is 96.6 cm³/mol. The van der Waals surface area contributed by atoms with Gasteiger partial charge in [-0.2, -0.15) is 0 Å². The molecule has 0 spiro atoms. The Morgan fingerprint density at radius 1 is 1.17 bits per heavy atom. The smallest absolute Gasteiger partial charge is 0.255 e. The van der Waals surface area contributed by atoms with Crippen molar-refractivity contribution in [2.24, 2.45) is 5.73 Å². The molecule has 9 heteroatoms. The van der Waals surface area contributed by atoms with E-state index in [1.165, 1.54) is 6.07 Å². The van der Waals surface area contributed by atoms with Gasteiger partial charge < -0.3 is 21.3 Å². The van der Waals surface area contributed by atoms with E-state index in [0.29, 0.717) is 24.3 Å². The topological polar surface area (TPSA) is 105 Å². The van der Waals surface area contributed by atoms with Crippen molar-refractivity contribution < 1.29 is 14.4 Å². The van der Waals surface area contributed by atoms with E-state index in [1.54, 1.807) is 17.0 Å². The molecule has 0 bridgehead atoms. The molecular weight excluding hydrogens is 355 g/mol. The van der Waals surface area contributed by atoms with Crippen LogP contribution in [-0.4, -0.2) is 48.8 Å². The summed E-state index contributed by atoms with van der Waals surface area (Å²) in [5, 5.41) is 5.19. The molecule has 4 N–H and O–H groups in total. The van der Waals surface area contributed by atoms with Gasteiger partial charge >= 0.3 is 0 Å². The molecule has 1 aromatic carbocycles. The third kappa shape index (κ3) is 6.35. The molecule has 1 rings (SSSR count). The second-order valence-electron chi connectivity index (χ2n) is 4.70. The number of nitrogens with one attached hydrogen (secondary N) is 2. The van der Waals surface area contributed by atoms with Gasteiger partial charge in [-0.1, -0.05) is 11.6 Å². The predicted octanol–water partition coefficient (Wildman–Crippen LogP) is 1.26. The molecule has 0 fully saturated rings. The van der Waals surface area contributed by atoms with Gasteiger partial charge in [0.2, 0.25) is 11.8 Å². The van der Waals surface area contributed by atoms with Crippen molar-refractivity contribution in [3.8, 4) is 0 Å². The van der Waals surface area contributed by atoms with Gasteiger partial charge in [-0.25, -0.2) is 0 Å².